The van der Waals surface area contributed by atoms with Crippen molar-refractivity contribution in [1.82, 2.24) is 5.32 Å². The van der Waals surface area contributed by atoms with Crippen molar-refractivity contribution in [3.8, 4) is 5.75 Å². The summed E-state index contributed by atoms with van der Waals surface area (Å²) in [5.74, 6) is 0.502. The van der Waals surface area contributed by atoms with E-state index in [2.05, 4.69) is 20.9 Å². The molecule has 27 heavy (non-hydrogen) atoms. The molecule has 1 aliphatic heterocycles. The van der Waals surface area contributed by atoms with Crippen molar-refractivity contribution >= 4 is 29.1 Å². The molecule has 0 aliphatic carbocycles. The zero-order chi connectivity index (χ0) is 19.4. The van der Waals surface area contributed by atoms with E-state index in [9.17, 15) is 9.59 Å². The largest absolute Gasteiger partial charge is 0.497 e. The lowest BCUT2D eigenvalue weighted by Crippen LogP contribution is -2.33. The van der Waals surface area contributed by atoms with E-state index in [4.69, 9.17) is 4.74 Å². The Morgan fingerprint density at radius 3 is 2.48 bits per heavy atom. The number of hydrogen-bond donors (Lipinski definition) is 3. The molecule has 1 atom stereocenters. The summed E-state index contributed by atoms with van der Waals surface area (Å²) in [5, 5.41) is 8.49. The number of anilines is 2. The van der Waals surface area contributed by atoms with Crippen LogP contribution < -0.4 is 20.7 Å². The molecular formula is C20H22N4O3. The topological polar surface area (TPSA) is 91.8 Å². The average molecular weight is 366 g/mol. The molecule has 2 aromatic rings. The Labute approximate surface area is 157 Å². The second kappa shape index (κ2) is 7.90. The van der Waals surface area contributed by atoms with Crippen LogP contribution in [-0.2, 0) is 9.59 Å². The van der Waals surface area contributed by atoms with E-state index in [1.165, 1.54) is 0 Å². The number of hydrogen-bond acceptors (Lipinski definition) is 5. The van der Waals surface area contributed by atoms with Crippen molar-refractivity contribution in [2.24, 2.45) is 4.99 Å². The molecule has 2 aromatic carbocycles. The number of carbonyl (C=O) groups excluding carboxylic acids is 2. The summed E-state index contributed by atoms with van der Waals surface area (Å²) in [4.78, 5) is 28.6. The minimum atomic E-state index is -0.753. The lowest BCUT2D eigenvalue weighted by molar-refractivity contribution is -0.123. The van der Waals surface area contributed by atoms with Gasteiger partial charge in [-0.05, 0) is 61.4 Å². The predicted octanol–water partition coefficient (Wildman–Crippen LogP) is 2.61. The highest BCUT2D eigenvalue weighted by Crippen LogP contribution is 2.17. The second-order valence-corrected chi connectivity index (χ2v) is 6.39. The van der Waals surface area contributed by atoms with Gasteiger partial charge < -0.3 is 15.4 Å². The van der Waals surface area contributed by atoms with Crippen LogP contribution in [0.25, 0.3) is 0 Å². The van der Waals surface area contributed by atoms with E-state index in [1.807, 2.05) is 44.2 Å². The number of guanidine groups is 1. The smallest absolute Gasteiger partial charge is 0.252 e. The first-order chi connectivity index (χ1) is 12.9. The van der Waals surface area contributed by atoms with Crippen molar-refractivity contribution < 1.29 is 14.3 Å². The summed E-state index contributed by atoms with van der Waals surface area (Å²) in [6.07, 6.45) is -0.0213. The molecule has 1 heterocycles. The Morgan fingerprint density at radius 2 is 1.81 bits per heavy atom. The molecule has 0 fully saturated rings. The number of methoxy groups -OCH3 is 1. The molecule has 7 nitrogen and oxygen atoms in total. The predicted molar refractivity (Wildman–Crippen MR) is 105 cm³/mol. The van der Waals surface area contributed by atoms with Crippen LogP contribution in [-0.4, -0.2) is 30.9 Å². The fraction of sp³-hybridized carbons (Fsp3) is 0.250. The zero-order valence-corrected chi connectivity index (χ0v) is 15.5. The summed E-state index contributed by atoms with van der Waals surface area (Å²) in [6.45, 7) is 3.99. The Morgan fingerprint density at radius 1 is 1.11 bits per heavy atom. The molecule has 0 aromatic heterocycles. The van der Waals surface area contributed by atoms with Gasteiger partial charge in [0.15, 0.2) is 0 Å². The molecule has 1 aliphatic rings. The number of rotatable bonds is 5. The SMILES string of the molecule is COc1ccc(NC2=N[C@@H](CC(=O)Nc3ccc(C)c(C)c3)C(=O)N2)cc1. The van der Waals surface area contributed by atoms with Gasteiger partial charge in [0.1, 0.15) is 11.8 Å². The summed E-state index contributed by atoms with van der Waals surface area (Å²) in [5.41, 5.74) is 3.72. The Bertz CT molecular complexity index is 891. The van der Waals surface area contributed by atoms with Gasteiger partial charge in [0, 0.05) is 11.4 Å². The van der Waals surface area contributed by atoms with Gasteiger partial charge in [-0.1, -0.05) is 6.07 Å². The maximum absolute atomic E-state index is 12.3. The van der Waals surface area contributed by atoms with Crippen LogP contribution in [0.2, 0.25) is 0 Å². The highest BCUT2D eigenvalue weighted by Gasteiger charge is 2.28. The standard InChI is InChI=1S/C20H22N4O3/c1-12-4-5-15(10-13(12)2)21-18(25)11-17-19(26)24-20(23-17)22-14-6-8-16(27-3)9-7-14/h4-10,17H,11H2,1-3H3,(H,21,25)(H2,22,23,24,26)/t17-/m0/s1. The average Bonchev–Trinajstić information content (AvgIpc) is 2.97. The van der Waals surface area contributed by atoms with Crippen LogP contribution in [0.5, 0.6) is 5.75 Å². The quantitative estimate of drug-likeness (QED) is 0.758. The maximum Gasteiger partial charge on any atom is 0.252 e. The third-order valence-electron chi connectivity index (χ3n) is 4.35. The lowest BCUT2D eigenvalue weighted by Gasteiger charge is -2.08. The van der Waals surface area contributed by atoms with Crippen molar-refractivity contribution in [2.75, 3.05) is 17.7 Å². The normalized spacial score (nSPS) is 15.7. The summed E-state index contributed by atoms with van der Waals surface area (Å²) in [6, 6.07) is 12.2. The molecule has 0 saturated heterocycles. The Kier molecular flexibility index (Phi) is 5.40. The van der Waals surface area contributed by atoms with Gasteiger partial charge >= 0.3 is 0 Å². The van der Waals surface area contributed by atoms with E-state index >= 15 is 0 Å². The maximum atomic E-state index is 12.3. The monoisotopic (exact) mass is 366 g/mol. The van der Waals surface area contributed by atoms with E-state index in [1.54, 1.807) is 19.2 Å². The number of carbonyl (C=O) groups is 2. The Hall–Kier alpha value is -3.35. The first kappa shape index (κ1) is 18.4. The number of ether oxygens (including phenoxy) is 1. The number of amides is 2. The number of aliphatic imine (C=N–C) groups is 1. The molecule has 0 radical (unpaired) electrons. The third-order valence-corrected chi connectivity index (χ3v) is 4.35. The van der Waals surface area contributed by atoms with E-state index in [-0.39, 0.29) is 18.2 Å². The summed E-state index contributed by atoms with van der Waals surface area (Å²) >= 11 is 0. The molecule has 0 saturated carbocycles. The second-order valence-electron chi connectivity index (χ2n) is 6.39. The van der Waals surface area contributed by atoms with Crippen LogP contribution in [0, 0.1) is 13.8 Å². The molecule has 140 valence electrons. The van der Waals surface area contributed by atoms with Crippen LogP contribution in [0.4, 0.5) is 11.4 Å². The van der Waals surface area contributed by atoms with Crippen molar-refractivity contribution in [3.05, 3.63) is 53.6 Å². The minimum absolute atomic E-state index is 0.0213. The molecule has 2 amide bonds. The van der Waals surface area contributed by atoms with Crippen LogP contribution in [0.3, 0.4) is 0 Å². The number of nitrogens with one attached hydrogen (secondary N) is 3. The van der Waals surface area contributed by atoms with Gasteiger partial charge in [-0.15, -0.1) is 0 Å². The summed E-state index contributed by atoms with van der Waals surface area (Å²) in [7, 11) is 1.59. The molecule has 7 heteroatoms. The van der Waals surface area contributed by atoms with Crippen molar-refractivity contribution in [1.29, 1.82) is 0 Å². The molecule has 3 N–H and O–H groups in total. The highest BCUT2D eigenvalue weighted by atomic mass is 16.5. The fourth-order valence-corrected chi connectivity index (χ4v) is 2.67. The van der Waals surface area contributed by atoms with Crippen LogP contribution in [0.1, 0.15) is 17.5 Å². The van der Waals surface area contributed by atoms with Gasteiger partial charge in [-0.25, -0.2) is 4.99 Å². The van der Waals surface area contributed by atoms with Crippen molar-refractivity contribution in [3.63, 3.8) is 0 Å². The van der Waals surface area contributed by atoms with E-state index in [0.29, 0.717) is 11.6 Å². The van der Waals surface area contributed by atoms with Gasteiger partial charge in [0.05, 0.1) is 13.5 Å². The fourth-order valence-electron chi connectivity index (χ4n) is 2.67. The number of nitrogens with zero attached hydrogens (tertiary/aromatic N) is 1. The van der Waals surface area contributed by atoms with Crippen LogP contribution in [0.15, 0.2) is 47.5 Å². The molecule has 3 rings (SSSR count). The zero-order valence-electron chi connectivity index (χ0n) is 15.5. The molecule has 0 bridgehead atoms. The number of benzene rings is 2. The minimum Gasteiger partial charge on any atom is -0.497 e. The van der Waals surface area contributed by atoms with Gasteiger partial charge in [0.2, 0.25) is 11.9 Å². The third kappa shape index (κ3) is 4.63. The van der Waals surface area contributed by atoms with Gasteiger partial charge in [0.25, 0.3) is 5.91 Å². The van der Waals surface area contributed by atoms with Gasteiger partial charge in [-0.3, -0.25) is 14.9 Å². The first-order valence-electron chi connectivity index (χ1n) is 8.61. The highest BCUT2D eigenvalue weighted by molar-refractivity contribution is 6.11. The van der Waals surface area contributed by atoms with Crippen molar-refractivity contribution in [2.45, 2.75) is 26.3 Å². The van der Waals surface area contributed by atoms with E-state index < -0.39 is 6.04 Å². The molecule has 0 spiro atoms. The first-order valence-corrected chi connectivity index (χ1v) is 8.61. The Balaban J connectivity index is 1.59. The molecular weight excluding hydrogens is 344 g/mol. The van der Waals surface area contributed by atoms with Gasteiger partial charge in [-0.2, -0.15) is 0 Å². The lowest BCUT2D eigenvalue weighted by atomic mass is 10.1. The summed E-state index contributed by atoms with van der Waals surface area (Å²) < 4.78 is 5.11. The van der Waals surface area contributed by atoms with Crippen LogP contribution >= 0.6 is 0 Å². The van der Waals surface area contributed by atoms with E-state index in [0.717, 1.165) is 22.6 Å². The molecule has 0 unspecified atom stereocenters. The number of aryl methyl sites for hydroxylation is 2.